The van der Waals surface area contributed by atoms with Gasteiger partial charge in [-0.2, -0.15) is 5.26 Å². The van der Waals surface area contributed by atoms with Crippen LogP contribution in [0.4, 0.5) is 0 Å². The molecule has 2 aromatic carbocycles. The molecule has 1 fully saturated rings. The highest BCUT2D eigenvalue weighted by Gasteiger charge is 2.24. The molecule has 0 saturated carbocycles. The van der Waals surface area contributed by atoms with Gasteiger partial charge in [-0.05, 0) is 16.8 Å². The number of nitrogens with zero attached hydrogens (tertiary/aromatic N) is 4. The fraction of sp³-hybridized carbons (Fsp3) is 0.381. The number of hydrogen-bond acceptors (Lipinski definition) is 4. The van der Waals surface area contributed by atoms with Crippen LogP contribution in [0.15, 0.2) is 42.5 Å². The zero-order valence-corrected chi connectivity index (χ0v) is 15.6. The quantitative estimate of drug-likeness (QED) is 0.813. The van der Waals surface area contributed by atoms with Gasteiger partial charge >= 0.3 is 0 Å². The average Bonchev–Trinajstić information content (AvgIpc) is 2.71. The molecular formula is C21H24N4O2. The van der Waals surface area contributed by atoms with Crippen molar-refractivity contribution in [3.63, 3.8) is 0 Å². The highest BCUT2D eigenvalue weighted by Crippen LogP contribution is 2.20. The molecule has 6 nitrogen and oxygen atoms in total. The van der Waals surface area contributed by atoms with Crippen LogP contribution in [0.25, 0.3) is 10.8 Å². The normalized spacial score (nSPS) is 14.7. The zero-order chi connectivity index (χ0) is 19.2. The van der Waals surface area contributed by atoms with E-state index in [1.807, 2.05) is 47.4 Å². The number of fused-ring (bicyclic) bond motifs is 1. The molecule has 1 heterocycles. The molecule has 27 heavy (non-hydrogen) atoms. The Morgan fingerprint density at radius 3 is 2.52 bits per heavy atom. The van der Waals surface area contributed by atoms with E-state index < -0.39 is 0 Å². The third-order valence-corrected chi connectivity index (χ3v) is 5.02. The van der Waals surface area contributed by atoms with Crippen molar-refractivity contribution >= 4 is 22.6 Å². The molecule has 0 aromatic heterocycles. The van der Waals surface area contributed by atoms with E-state index in [9.17, 15) is 9.59 Å². The Hall–Kier alpha value is -2.91. The number of amides is 2. The summed E-state index contributed by atoms with van der Waals surface area (Å²) in [7, 11) is 1.72. The van der Waals surface area contributed by atoms with Crippen LogP contribution >= 0.6 is 0 Å². The van der Waals surface area contributed by atoms with E-state index in [0.29, 0.717) is 45.7 Å². The number of hydrogen-bond donors (Lipinski definition) is 0. The van der Waals surface area contributed by atoms with Gasteiger partial charge in [0.1, 0.15) is 0 Å². The van der Waals surface area contributed by atoms with Gasteiger partial charge < -0.3 is 9.80 Å². The van der Waals surface area contributed by atoms with E-state index in [1.165, 1.54) is 0 Å². The number of benzene rings is 2. The highest BCUT2D eigenvalue weighted by molar-refractivity contribution is 6.07. The summed E-state index contributed by atoms with van der Waals surface area (Å²) < 4.78 is 0. The Morgan fingerprint density at radius 2 is 1.78 bits per heavy atom. The summed E-state index contributed by atoms with van der Waals surface area (Å²) >= 11 is 0. The lowest BCUT2D eigenvalue weighted by atomic mass is 10.0. The Bertz CT molecular complexity index is 861. The van der Waals surface area contributed by atoms with Crippen LogP contribution in [0, 0.1) is 11.3 Å². The number of nitriles is 1. The van der Waals surface area contributed by atoms with Gasteiger partial charge in [-0.15, -0.1) is 0 Å². The molecule has 1 aliphatic rings. The second-order valence-corrected chi connectivity index (χ2v) is 6.82. The van der Waals surface area contributed by atoms with Crippen LogP contribution in [-0.2, 0) is 4.79 Å². The minimum Gasteiger partial charge on any atom is -0.344 e. The van der Waals surface area contributed by atoms with E-state index in [4.69, 9.17) is 5.26 Å². The van der Waals surface area contributed by atoms with Crippen molar-refractivity contribution in [3.05, 3.63) is 48.0 Å². The molecule has 0 radical (unpaired) electrons. The van der Waals surface area contributed by atoms with E-state index in [2.05, 4.69) is 11.0 Å². The summed E-state index contributed by atoms with van der Waals surface area (Å²) in [4.78, 5) is 30.7. The third kappa shape index (κ3) is 4.44. The molecule has 0 N–H and O–H groups in total. The SMILES string of the molecule is CN(CCC#N)C(=O)CN1CCN(C(=O)c2cccc3ccccc23)CC1. The van der Waals surface area contributed by atoms with Crippen molar-refractivity contribution in [3.8, 4) is 6.07 Å². The number of likely N-dealkylation sites (N-methyl/N-ethyl adjacent to an activating group) is 1. The standard InChI is InChI=1S/C21H24N4O2/c1-23(11-5-10-22)20(26)16-24-12-14-25(15-13-24)21(27)19-9-4-7-17-6-2-3-8-18(17)19/h2-4,6-9H,5,11-16H2,1H3. The third-order valence-electron chi connectivity index (χ3n) is 5.02. The zero-order valence-electron chi connectivity index (χ0n) is 15.6. The Labute approximate surface area is 159 Å². The van der Waals surface area contributed by atoms with Crippen molar-refractivity contribution in [2.24, 2.45) is 0 Å². The predicted octanol–water partition coefficient (Wildman–Crippen LogP) is 1.97. The molecular weight excluding hydrogens is 340 g/mol. The maximum atomic E-state index is 13.0. The summed E-state index contributed by atoms with van der Waals surface area (Å²) in [6.45, 7) is 3.35. The Morgan fingerprint density at radius 1 is 1.07 bits per heavy atom. The van der Waals surface area contributed by atoms with Gasteiger partial charge in [-0.3, -0.25) is 14.5 Å². The van der Waals surface area contributed by atoms with Gasteiger partial charge in [0.25, 0.3) is 5.91 Å². The fourth-order valence-electron chi connectivity index (χ4n) is 3.35. The Kier molecular flexibility index (Phi) is 6.05. The van der Waals surface area contributed by atoms with Gasteiger partial charge in [0.15, 0.2) is 0 Å². The molecule has 6 heteroatoms. The van der Waals surface area contributed by atoms with Crippen LogP contribution < -0.4 is 0 Å². The van der Waals surface area contributed by atoms with Crippen LogP contribution in [0.1, 0.15) is 16.8 Å². The minimum atomic E-state index is 0.0130. The molecule has 0 spiro atoms. The van der Waals surface area contributed by atoms with Crippen LogP contribution in [-0.4, -0.2) is 72.8 Å². The lowest BCUT2D eigenvalue weighted by molar-refractivity contribution is -0.131. The molecule has 3 rings (SSSR count). The molecule has 2 amide bonds. The van der Waals surface area contributed by atoms with E-state index in [0.717, 1.165) is 16.3 Å². The first-order valence-electron chi connectivity index (χ1n) is 9.20. The molecule has 0 unspecified atom stereocenters. The van der Waals surface area contributed by atoms with Gasteiger partial charge in [-0.25, -0.2) is 0 Å². The van der Waals surface area contributed by atoms with Crippen molar-refractivity contribution in [2.75, 3.05) is 46.3 Å². The summed E-state index contributed by atoms with van der Waals surface area (Å²) in [6.07, 6.45) is 0.343. The first kappa shape index (κ1) is 18.9. The number of rotatable bonds is 5. The van der Waals surface area contributed by atoms with E-state index in [-0.39, 0.29) is 11.8 Å². The summed E-state index contributed by atoms with van der Waals surface area (Å²) in [5, 5.41) is 10.7. The summed E-state index contributed by atoms with van der Waals surface area (Å²) in [6, 6.07) is 15.8. The van der Waals surface area contributed by atoms with Gasteiger partial charge in [0.2, 0.25) is 5.91 Å². The maximum absolute atomic E-state index is 13.0. The van der Waals surface area contributed by atoms with Crippen LogP contribution in [0.3, 0.4) is 0 Å². The fourth-order valence-corrected chi connectivity index (χ4v) is 3.35. The molecule has 1 aliphatic heterocycles. The summed E-state index contributed by atoms with van der Waals surface area (Å²) in [5.74, 6) is 0.0583. The van der Waals surface area contributed by atoms with Gasteiger partial charge in [0, 0.05) is 45.3 Å². The topological polar surface area (TPSA) is 67.7 Å². The summed E-state index contributed by atoms with van der Waals surface area (Å²) in [5.41, 5.74) is 0.730. The number of carbonyl (C=O) groups is 2. The van der Waals surface area contributed by atoms with Crippen molar-refractivity contribution in [1.29, 1.82) is 5.26 Å². The molecule has 0 bridgehead atoms. The van der Waals surface area contributed by atoms with Crippen molar-refractivity contribution < 1.29 is 9.59 Å². The highest BCUT2D eigenvalue weighted by atomic mass is 16.2. The Balaban J connectivity index is 1.58. The smallest absolute Gasteiger partial charge is 0.254 e. The van der Waals surface area contributed by atoms with Crippen LogP contribution in [0.2, 0.25) is 0 Å². The second kappa shape index (κ2) is 8.65. The van der Waals surface area contributed by atoms with E-state index in [1.54, 1.807) is 11.9 Å². The lowest BCUT2D eigenvalue weighted by Gasteiger charge is -2.35. The second-order valence-electron chi connectivity index (χ2n) is 6.82. The maximum Gasteiger partial charge on any atom is 0.254 e. The van der Waals surface area contributed by atoms with Crippen molar-refractivity contribution in [1.82, 2.24) is 14.7 Å². The van der Waals surface area contributed by atoms with Gasteiger partial charge in [0.05, 0.1) is 19.0 Å². The molecule has 2 aromatic rings. The van der Waals surface area contributed by atoms with E-state index >= 15 is 0 Å². The van der Waals surface area contributed by atoms with Crippen LogP contribution in [0.5, 0.6) is 0 Å². The number of carbonyl (C=O) groups excluding carboxylic acids is 2. The predicted molar refractivity (Wildman–Crippen MR) is 104 cm³/mol. The monoisotopic (exact) mass is 364 g/mol. The van der Waals surface area contributed by atoms with Gasteiger partial charge in [-0.1, -0.05) is 36.4 Å². The molecule has 140 valence electrons. The molecule has 0 atom stereocenters. The molecule has 0 aliphatic carbocycles. The first-order chi connectivity index (χ1) is 13.1. The molecule has 1 saturated heterocycles. The first-order valence-corrected chi connectivity index (χ1v) is 9.20. The number of piperazine rings is 1. The minimum absolute atomic E-state index is 0.0130. The largest absolute Gasteiger partial charge is 0.344 e. The average molecular weight is 364 g/mol. The van der Waals surface area contributed by atoms with Crippen molar-refractivity contribution in [2.45, 2.75) is 6.42 Å². The lowest BCUT2D eigenvalue weighted by Crippen LogP contribution is -2.51.